The molecule has 0 aliphatic heterocycles. The summed E-state index contributed by atoms with van der Waals surface area (Å²) in [6.07, 6.45) is 24.4. The number of aryl methyl sites for hydroxylation is 2. The molecule has 0 spiro atoms. The molecule has 1 aromatic heterocycles. The SMILES string of the molecule is CCCCCCCCc1ccc2c3ccc(C4(Nc5ccccc5)C=CC(N)=CC4)cc3n(CCCCCCCC)c2c1. The molecule has 3 N–H and O–H groups in total. The lowest BCUT2D eigenvalue weighted by Gasteiger charge is -2.35. The fourth-order valence-corrected chi connectivity index (χ4v) is 6.79. The summed E-state index contributed by atoms with van der Waals surface area (Å²) in [5, 5.41) is 6.62. The maximum Gasteiger partial charge on any atom is 0.0849 e. The van der Waals surface area contributed by atoms with Gasteiger partial charge < -0.3 is 15.6 Å². The zero-order chi connectivity index (χ0) is 29.9. The molecule has 4 aromatic rings. The summed E-state index contributed by atoms with van der Waals surface area (Å²) < 4.78 is 2.63. The molecule has 0 radical (unpaired) electrons. The Morgan fingerprint density at radius 1 is 0.721 bits per heavy atom. The molecule has 0 amide bonds. The quantitative estimate of drug-likeness (QED) is 0.123. The standard InChI is InChI=1S/C40H53N3/c1-3-5-7-9-11-14-18-32-21-23-36-37-24-22-33(31-39(37)43(38(36)30-32)29-17-12-10-8-6-4-2)40(27-25-34(41)26-28-40)42-35-19-15-13-16-20-35/h13,15-16,19-27,30-31,42H,3-12,14,17-18,28-29,41H2,1-2H3. The van der Waals surface area contributed by atoms with E-state index < -0.39 is 0 Å². The maximum absolute atomic E-state index is 6.21. The molecule has 0 fully saturated rings. The number of nitrogens with two attached hydrogens (primary N) is 1. The first kappa shape index (κ1) is 31.0. The third-order valence-electron chi connectivity index (χ3n) is 9.36. The van der Waals surface area contributed by atoms with E-state index in [2.05, 4.69) is 109 Å². The summed E-state index contributed by atoms with van der Waals surface area (Å²) >= 11 is 0. The zero-order valence-corrected chi connectivity index (χ0v) is 26.7. The van der Waals surface area contributed by atoms with E-state index in [9.17, 15) is 0 Å². The lowest BCUT2D eigenvalue weighted by molar-refractivity contribution is 0.570. The molecule has 228 valence electrons. The van der Waals surface area contributed by atoms with E-state index in [1.54, 1.807) is 0 Å². The first-order chi connectivity index (χ1) is 21.1. The van der Waals surface area contributed by atoms with Crippen LogP contribution >= 0.6 is 0 Å². The van der Waals surface area contributed by atoms with Crippen LogP contribution in [0.3, 0.4) is 0 Å². The van der Waals surface area contributed by atoms with Gasteiger partial charge >= 0.3 is 0 Å². The molecule has 3 nitrogen and oxygen atoms in total. The van der Waals surface area contributed by atoms with E-state index in [0.29, 0.717) is 0 Å². The first-order valence-electron chi connectivity index (χ1n) is 17.2. The topological polar surface area (TPSA) is 43.0 Å². The molecule has 0 bridgehead atoms. The van der Waals surface area contributed by atoms with Crippen molar-refractivity contribution in [3.05, 3.63) is 102 Å². The third-order valence-corrected chi connectivity index (χ3v) is 9.36. The monoisotopic (exact) mass is 575 g/mol. The second-order valence-corrected chi connectivity index (χ2v) is 12.7. The van der Waals surface area contributed by atoms with Gasteiger partial charge in [0.05, 0.1) is 5.54 Å². The minimum Gasteiger partial charge on any atom is -0.399 e. The van der Waals surface area contributed by atoms with Crippen molar-refractivity contribution in [1.82, 2.24) is 4.57 Å². The highest BCUT2D eigenvalue weighted by Gasteiger charge is 2.31. The summed E-state index contributed by atoms with van der Waals surface area (Å²) in [4.78, 5) is 0. The molecule has 3 aromatic carbocycles. The molecule has 5 rings (SSSR count). The Kier molecular flexibility index (Phi) is 11.0. The Labute approximate surface area is 260 Å². The van der Waals surface area contributed by atoms with Crippen LogP contribution in [0.4, 0.5) is 5.69 Å². The number of rotatable bonds is 17. The van der Waals surface area contributed by atoms with Crippen LogP contribution < -0.4 is 11.1 Å². The molecule has 3 heteroatoms. The number of hydrogen-bond donors (Lipinski definition) is 2. The lowest BCUT2D eigenvalue weighted by atomic mass is 9.82. The van der Waals surface area contributed by atoms with E-state index >= 15 is 0 Å². The summed E-state index contributed by atoms with van der Waals surface area (Å²) in [5.41, 5.74) is 13.3. The van der Waals surface area contributed by atoms with Crippen LogP contribution in [0, 0.1) is 0 Å². The van der Waals surface area contributed by atoms with E-state index in [0.717, 1.165) is 24.4 Å². The van der Waals surface area contributed by atoms with Gasteiger partial charge in [-0.05, 0) is 67.2 Å². The number of unbranched alkanes of at least 4 members (excludes halogenated alkanes) is 10. The highest BCUT2D eigenvalue weighted by Crippen LogP contribution is 2.39. The second-order valence-electron chi connectivity index (χ2n) is 12.7. The molecule has 43 heavy (non-hydrogen) atoms. The smallest absolute Gasteiger partial charge is 0.0849 e. The van der Waals surface area contributed by atoms with Gasteiger partial charge in [0.25, 0.3) is 0 Å². The maximum atomic E-state index is 6.21. The minimum absolute atomic E-state index is 0.344. The Balaban J connectivity index is 1.48. The van der Waals surface area contributed by atoms with Gasteiger partial charge in [-0.3, -0.25) is 0 Å². The van der Waals surface area contributed by atoms with Gasteiger partial charge in [-0.15, -0.1) is 0 Å². The van der Waals surface area contributed by atoms with Gasteiger partial charge in [0, 0.05) is 39.7 Å². The van der Waals surface area contributed by atoms with Gasteiger partial charge in [-0.25, -0.2) is 0 Å². The van der Waals surface area contributed by atoms with Gasteiger partial charge in [0.2, 0.25) is 0 Å². The number of benzene rings is 3. The van der Waals surface area contributed by atoms with Gasteiger partial charge in [0.15, 0.2) is 0 Å². The van der Waals surface area contributed by atoms with E-state index in [1.165, 1.54) is 116 Å². The van der Waals surface area contributed by atoms with Crippen molar-refractivity contribution in [1.29, 1.82) is 0 Å². The highest BCUT2D eigenvalue weighted by molar-refractivity contribution is 6.08. The van der Waals surface area contributed by atoms with Crippen LogP contribution in [-0.2, 0) is 18.5 Å². The van der Waals surface area contributed by atoms with Crippen molar-refractivity contribution in [3.8, 4) is 0 Å². The average molecular weight is 576 g/mol. The van der Waals surface area contributed by atoms with Crippen LogP contribution in [0.2, 0.25) is 0 Å². The molecule has 0 saturated heterocycles. The number of hydrogen-bond acceptors (Lipinski definition) is 2. The Morgan fingerprint density at radius 3 is 2.07 bits per heavy atom. The average Bonchev–Trinajstić information content (AvgIpc) is 3.34. The molecule has 1 unspecified atom stereocenters. The van der Waals surface area contributed by atoms with Crippen LogP contribution in [0.25, 0.3) is 21.8 Å². The van der Waals surface area contributed by atoms with Crippen molar-refractivity contribution in [2.45, 2.75) is 116 Å². The van der Waals surface area contributed by atoms with Crippen molar-refractivity contribution >= 4 is 27.5 Å². The molecule has 1 aliphatic carbocycles. The van der Waals surface area contributed by atoms with Crippen molar-refractivity contribution in [2.24, 2.45) is 5.73 Å². The van der Waals surface area contributed by atoms with E-state index in [-0.39, 0.29) is 5.54 Å². The molecule has 1 aliphatic rings. The number of allylic oxidation sites excluding steroid dienone is 1. The van der Waals surface area contributed by atoms with Gasteiger partial charge in [0.1, 0.15) is 0 Å². The predicted molar refractivity (Wildman–Crippen MR) is 188 cm³/mol. The molecular formula is C40H53N3. The normalized spacial score (nSPS) is 16.7. The number of anilines is 1. The summed E-state index contributed by atoms with van der Waals surface area (Å²) in [6.45, 7) is 5.66. The predicted octanol–water partition coefficient (Wildman–Crippen LogP) is 11.2. The summed E-state index contributed by atoms with van der Waals surface area (Å²) in [7, 11) is 0. The van der Waals surface area contributed by atoms with Crippen LogP contribution in [0.5, 0.6) is 0 Å². The number of para-hydroxylation sites is 1. The zero-order valence-electron chi connectivity index (χ0n) is 26.7. The summed E-state index contributed by atoms with van der Waals surface area (Å²) in [6, 6.07) is 25.0. The van der Waals surface area contributed by atoms with Crippen LogP contribution in [-0.4, -0.2) is 4.57 Å². The fourth-order valence-electron chi connectivity index (χ4n) is 6.79. The number of aromatic nitrogens is 1. The van der Waals surface area contributed by atoms with Gasteiger partial charge in [-0.2, -0.15) is 0 Å². The van der Waals surface area contributed by atoms with E-state index in [1.807, 2.05) is 0 Å². The molecule has 1 heterocycles. The number of nitrogens with one attached hydrogen (secondary N) is 1. The Morgan fingerprint density at radius 2 is 1.37 bits per heavy atom. The summed E-state index contributed by atoms with van der Waals surface area (Å²) in [5.74, 6) is 0. The fraction of sp³-hybridized carbons (Fsp3) is 0.450. The lowest BCUT2D eigenvalue weighted by Crippen LogP contribution is -2.34. The minimum atomic E-state index is -0.344. The third kappa shape index (κ3) is 7.74. The largest absolute Gasteiger partial charge is 0.399 e. The van der Waals surface area contributed by atoms with Crippen molar-refractivity contribution < 1.29 is 0 Å². The van der Waals surface area contributed by atoms with Crippen molar-refractivity contribution in [2.75, 3.05) is 5.32 Å². The molecule has 1 atom stereocenters. The Hall–Kier alpha value is -3.46. The number of nitrogens with zero attached hydrogens (tertiary/aromatic N) is 1. The Bertz CT molecular complexity index is 1510. The van der Waals surface area contributed by atoms with Gasteiger partial charge in [-0.1, -0.05) is 133 Å². The second kappa shape index (κ2) is 15.3. The van der Waals surface area contributed by atoms with Crippen LogP contribution in [0.15, 0.2) is 90.7 Å². The molecular weight excluding hydrogens is 522 g/mol. The van der Waals surface area contributed by atoms with Crippen LogP contribution in [0.1, 0.15) is 108 Å². The molecule has 0 saturated carbocycles. The number of fused-ring (bicyclic) bond motifs is 3. The van der Waals surface area contributed by atoms with E-state index in [4.69, 9.17) is 5.73 Å². The highest BCUT2D eigenvalue weighted by atomic mass is 15.0. The first-order valence-corrected chi connectivity index (χ1v) is 17.2. The van der Waals surface area contributed by atoms with Crippen molar-refractivity contribution in [3.63, 3.8) is 0 Å².